The van der Waals surface area contributed by atoms with Gasteiger partial charge in [-0.3, -0.25) is 24.0 Å². The van der Waals surface area contributed by atoms with Crippen LogP contribution in [0.5, 0.6) is 0 Å². The summed E-state index contributed by atoms with van der Waals surface area (Å²) < 4.78 is 5.42. The van der Waals surface area contributed by atoms with Gasteiger partial charge in [-0.25, -0.2) is 9.59 Å². The molecule has 0 saturated carbocycles. The zero-order valence-electron chi connectivity index (χ0n) is 31.3. The molecule has 4 amide bonds. The summed E-state index contributed by atoms with van der Waals surface area (Å²) in [4.78, 5) is 89.0. The third-order valence-electron chi connectivity index (χ3n) is 8.14. The Morgan fingerprint density at radius 3 is 1.83 bits per heavy atom. The first kappa shape index (κ1) is 48.6. The van der Waals surface area contributed by atoms with E-state index < -0.39 is 83.8 Å². The van der Waals surface area contributed by atoms with E-state index in [1.807, 2.05) is 0 Å². The molecule has 0 bridgehead atoms. The van der Waals surface area contributed by atoms with Crippen molar-refractivity contribution in [3.05, 3.63) is 5.21 Å². The van der Waals surface area contributed by atoms with E-state index in [0.29, 0.717) is 12.8 Å². The second-order valence-corrected chi connectivity index (χ2v) is 12.8. The topological polar surface area (TPSA) is 308 Å². The van der Waals surface area contributed by atoms with Crippen LogP contribution in [0.15, 0.2) is 5.28 Å². The predicted molar refractivity (Wildman–Crippen MR) is 187 cm³/mol. The Morgan fingerprint density at radius 1 is 0.774 bits per heavy atom. The molecule has 0 spiro atoms. The van der Waals surface area contributed by atoms with E-state index in [1.165, 1.54) is 20.4 Å². The molecule has 0 aromatic rings. The number of aliphatic carboxylic acids is 1. The number of carbonyl (C=O) groups is 7. The van der Waals surface area contributed by atoms with Gasteiger partial charge in [-0.05, 0) is 40.7 Å². The van der Waals surface area contributed by atoms with Crippen molar-refractivity contribution >= 4 is 41.4 Å². The molecular formula is C33H59N7O13. The number of hydroxylamine groups is 1. The van der Waals surface area contributed by atoms with E-state index in [0.717, 1.165) is 52.4 Å². The molecule has 53 heavy (non-hydrogen) atoms. The van der Waals surface area contributed by atoms with Crippen molar-refractivity contribution in [2.24, 2.45) is 5.28 Å². The first-order chi connectivity index (χ1) is 25.0. The average Bonchev–Trinajstić information content (AvgIpc) is 3.09. The fourth-order valence-corrected chi connectivity index (χ4v) is 5.18. The molecule has 0 aliphatic rings. The molecule has 20 heteroatoms. The zero-order valence-corrected chi connectivity index (χ0v) is 31.3. The first-order valence-corrected chi connectivity index (χ1v) is 17.9. The summed E-state index contributed by atoms with van der Waals surface area (Å²) >= 11 is 0. The monoisotopic (exact) mass is 761 g/mol. The number of nitrogens with one attached hydrogen (secondary N) is 5. The summed E-state index contributed by atoms with van der Waals surface area (Å²) in [6, 6.07) is -6.92. The van der Waals surface area contributed by atoms with Crippen LogP contribution >= 0.6 is 0 Å². The zero-order chi connectivity index (χ0) is 40.5. The third-order valence-corrected chi connectivity index (χ3v) is 8.14. The van der Waals surface area contributed by atoms with Crippen molar-refractivity contribution in [1.29, 1.82) is 0 Å². The number of amides is 4. The molecule has 0 aliphatic heterocycles. The van der Waals surface area contributed by atoms with Crippen molar-refractivity contribution in [3.63, 3.8) is 0 Å². The number of nitrogens with zero attached hydrogens (tertiary/aromatic N) is 2. The van der Waals surface area contributed by atoms with Gasteiger partial charge in [0.1, 0.15) is 30.3 Å². The number of ketones is 1. The SMILES string of the molecule is CCCCCCCCCCCC(=O)N[C@@H](C(=O)N[C@H](C(=O)N[C@@H](C(C)=O)[C@@H](C)O)[C@@H](C)OC(=O)[C@@H](CCC[N+]([O-])=NO)NC(=O)CNC)[C@@H](O)C(=O)O. The first-order valence-electron chi connectivity index (χ1n) is 17.9. The predicted octanol–water partition coefficient (Wildman–Crippen LogP) is -0.455. The Hall–Kier alpha value is -4.43. The molecule has 0 heterocycles. The number of carbonyl (C=O) groups excluding carboxylic acids is 6. The Morgan fingerprint density at radius 2 is 1.32 bits per heavy atom. The Labute approximate surface area is 309 Å². The lowest BCUT2D eigenvalue weighted by Crippen LogP contribution is -2.63. The number of ether oxygens (including phenoxy) is 1. The van der Waals surface area contributed by atoms with Gasteiger partial charge in [0.05, 0.1) is 12.6 Å². The maximum Gasteiger partial charge on any atom is 0.335 e. The smallest absolute Gasteiger partial charge is 0.335 e. The summed E-state index contributed by atoms with van der Waals surface area (Å²) in [5.74, 6) is -7.62. The van der Waals surface area contributed by atoms with Gasteiger partial charge < -0.3 is 57.1 Å². The molecule has 0 unspecified atom stereocenters. The highest BCUT2D eigenvalue weighted by molar-refractivity contribution is 5.97. The molecule has 9 N–H and O–H groups in total. The third kappa shape index (κ3) is 20.4. The Kier molecular flexibility index (Phi) is 24.9. The van der Waals surface area contributed by atoms with Crippen LogP contribution in [0.2, 0.25) is 0 Å². The lowest BCUT2D eigenvalue weighted by molar-refractivity contribution is -0.556. The lowest BCUT2D eigenvalue weighted by Gasteiger charge is -2.30. The lowest BCUT2D eigenvalue weighted by atomic mass is 10.0. The fourth-order valence-electron chi connectivity index (χ4n) is 5.18. The van der Waals surface area contributed by atoms with Crippen LogP contribution in [0.4, 0.5) is 0 Å². The van der Waals surface area contributed by atoms with Gasteiger partial charge in [0, 0.05) is 12.8 Å². The van der Waals surface area contributed by atoms with Crippen LogP contribution in [-0.4, -0.2) is 129 Å². The number of rotatable bonds is 29. The van der Waals surface area contributed by atoms with E-state index in [9.17, 15) is 54.1 Å². The Balaban J connectivity index is 6.11. The minimum Gasteiger partial charge on any atom is -0.597 e. The summed E-state index contributed by atoms with van der Waals surface area (Å²) in [5.41, 5.74) is 0. The molecule has 20 nitrogen and oxygen atoms in total. The Bertz CT molecular complexity index is 1220. The molecule has 304 valence electrons. The number of aliphatic hydroxyl groups is 2. The van der Waals surface area contributed by atoms with E-state index >= 15 is 0 Å². The fraction of sp³-hybridized carbons (Fsp3) is 0.788. The molecule has 0 aromatic heterocycles. The van der Waals surface area contributed by atoms with Crippen LogP contribution in [0, 0.1) is 5.21 Å². The van der Waals surface area contributed by atoms with E-state index in [1.54, 1.807) is 0 Å². The number of unbranched alkanes of at least 4 members (excludes halogenated alkanes) is 8. The maximum atomic E-state index is 13.5. The van der Waals surface area contributed by atoms with E-state index in [2.05, 4.69) is 38.8 Å². The van der Waals surface area contributed by atoms with Crippen LogP contribution < -0.4 is 26.6 Å². The summed E-state index contributed by atoms with van der Waals surface area (Å²) in [5, 5.41) is 63.9. The summed E-state index contributed by atoms with van der Waals surface area (Å²) in [6.45, 7) is 4.97. The number of likely N-dealkylation sites (N-methyl/N-ethyl adjacent to an activating group) is 1. The van der Waals surface area contributed by atoms with Crippen molar-refractivity contribution < 1.29 is 63.7 Å². The number of esters is 1. The van der Waals surface area contributed by atoms with Gasteiger partial charge in [0.25, 0.3) is 0 Å². The van der Waals surface area contributed by atoms with Crippen molar-refractivity contribution in [1.82, 2.24) is 26.6 Å². The molecule has 0 aromatic carbocycles. The number of Topliss-reactive ketones (excluding diaryl/α,β-unsaturated/α-hetero) is 1. The largest absolute Gasteiger partial charge is 0.597 e. The highest BCUT2D eigenvalue weighted by atomic mass is 16.6. The highest BCUT2D eigenvalue weighted by Gasteiger charge is 2.39. The summed E-state index contributed by atoms with van der Waals surface area (Å²) in [7, 11) is 1.47. The van der Waals surface area contributed by atoms with Gasteiger partial charge in [0.2, 0.25) is 23.6 Å². The van der Waals surface area contributed by atoms with Crippen molar-refractivity contribution in [3.8, 4) is 0 Å². The van der Waals surface area contributed by atoms with Gasteiger partial charge in [-0.2, -0.15) is 0 Å². The standard InChI is InChI=1S/C33H59N7O13/c1-6-7-8-9-10-11-12-13-14-17-24(43)36-28(29(45)32(48)49)31(47)38-27(30(46)37-26(20(2)41)21(3)42)22(4)53-33(50)23(35-25(44)19-34-5)16-15-18-40(52)39-51/h20,22-23,26-29,34,41,45,51H,6-19H2,1-5H3,(H,35,44)(H,36,43)(H,37,46)(H,38,47)(H,48,49)/t20-,22-,23-,26-,27+,28-,29-/m1/s1. The molecule has 0 aliphatic carbocycles. The quantitative estimate of drug-likeness (QED) is 0.0153. The van der Waals surface area contributed by atoms with Gasteiger partial charge in [0.15, 0.2) is 23.7 Å². The molecule has 0 radical (unpaired) electrons. The number of aliphatic hydroxyl groups excluding tert-OH is 2. The minimum absolute atomic E-state index is 0.0683. The average molecular weight is 762 g/mol. The van der Waals surface area contributed by atoms with Crippen LogP contribution in [0.3, 0.4) is 0 Å². The molecule has 7 atom stereocenters. The highest BCUT2D eigenvalue weighted by Crippen LogP contribution is 2.12. The van der Waals surface area contributed by atoms with Gasteiger partial charge in [-0.15, -0.1) is 0 Å². The minimum atomic E-state index is -2.47. The molecule has 0 rings (SSSR count). The van der Waals surface area contributed by atoms with Crippen molar-refractivity contribution in [2.75, 3.05) is 20.1 Å². The number of hydrogen-bond acceptors (Lipinski definition) is 13. The van der Waals surface area contributed by atoms with E-state index in [4.69, 9.17) is 9.94 Å². The van der Waals surface area contributed by atoms with Gasteiger partial charge in [-0.1, -0.05) is 63.2 Å². The molecule has 0 fully saturated rings. The number of carboxylic acids is 1. The number of carboxylic acid groups (broad SMARTS) is 1. The summed E-state index contributed by atoms with van der Waals surface area (Å²) in [6.07, 6.45) is 2.79. The molecular weight excluding hydrogens is 702 g/mol. The second kappa shape index (κ2) is 27.2. The maximum absolute atomic E-state index is 13.5. The van der Waals surface area contributed by atoms with Crippen molar-refractivity contribution in [2.45, 2.75) is 147 Å². The van der Waals surface area contributed by atoms with E-state index in [-0.39, 0.29) is 37.2 Å². The number of hydrogen-bond donors (Lipinski definition) is 9. The van der Waals surface area contributed by atoms with Gasteiger partial charge >= 0.3 is 11.9 Å². The van der Waals surface area contributed by atoms with Crippen LogP contribution in [-0.2, 0) is 38.3 Å². The van der Waals surface area contributed by atoms with Crippen LogP contribution in [0.1, 0.15) is 105 Å². The second-order valence-electron chi connectivity index (χ2n) is 12.8. The normalized spacial score (nSPS) is 15.4. The van der Waals surface area contributed by atoms with Crippen LogP contribution in [0.25, 0.3) is 0 Å². The molecule has 0 saturated heterocycles.